The number of nitriles is 1. The smallest absolute Gasteiger partial charge is 0.433 e. The lowest BCUT2D eigenvalue weighted by Gasteiger charge is -2.01. The molecule has 0 saturated heterocycles. The normalized spacial score (nSPS) is 8.36. The van der Waals surface area contributed by atoms with Crippen LogP contribution in [0.1, 0.15) is 5.56 Å². The molecule has 0 saturated carbocycles. The van der Waals surface area contributed by atoms with E-state index in [9.17, 15) is 0 Å². The van der Waals surface area contributed by atoms with Crippen molar-refractivity contribution in [2.75, 3.05) is 5.23 Å². The van der Waals surface area contributed by atoms with Gasteiger partial charge in [0.1, 0.15) is 6.07 Å². The minimum absolute atomic E-state index is 0.512. The maximum atomic E-state index is 8.56. The van der Waals surface area contributed by atoms with Gasteiger partial charge >= 0.3 is 7.62 Å². The van der Waals surface area contributed by atoms with Crippen molar-refractivity contribution < 1.29 is 5.02 Å². The van der Waals surface area contributed by atoms with E-state index in [4.69, 9.17) is 10.3 Å². The largest absolute Gasteiger partial charge is 0.435 e. The monoisotopic (exact) mass is 145 g/mol. The zero-order chi connectivity index (χ0) is 8.10. The molecule has 0 aliphatic carbocycles. The van der Waals surface area contributed by atoms with Gasteiger partial charge in [0, 0.05) is 5.69 Å². The number of para-hydroxylation sites is 1. The Kier molecular flexibility index (Phi) is 2.53. The lowest BCUT2D eigenvalue weighted by molar-refractivity contribution is 0.609. The topological polar surface area (TPSA) is 56.0 Å². The minimum Gasteiger partial charge on any atom is -0.435 e. The van der Waals surface area contributed by atoms with E-state index in [1.165, 1.54) is 0 Å². The van der Waals surface area contributed by atoms with Crippen molar-refractivity contribution in [2.45, 2.75) is 0 Å². The second kappa shape index (κ2) is 3.64. The molecular formula is C7H6BN2O. The average Bonchev–Trinajstić information content (AvgIpc) is 2.06. The van der Waals surface area contributed by atoms with Gasteiger partial charge in [-0.25, -0.2) is 0 Å². The van der Waals surface area contributed by atoms with Crippen molar-refractivity contribution in [1.82, 2.24) is 0 Å². The van der Waals surface area contributed by atoms with Crippen LogP contribution in [0, 0.1) is 11.3 Å². The first-order valence-corrected chi connectivity index (χ1v) is 3.10. The molecule has 0 bridgehead atoms. The summed E-state index contributed by atoms with van der Waals surface area (Å²) in [5.74, 6) is 0. The number of benzene rings is 1. The summed E-state index contributed by atoms with van der Waals surface area (Å²) >= 11 is 0. The molecule has 0 aliphatic rings. The summed E-state index contributed by atoms with van der Waals surface area (Å²) in [6, 6.07) is 8.92. The molecule has 1 aromatic carbocycles. The third-order valence-corrected chi connectivity index (χ3v) is 1.27. The highest BCUT2D eigenvalue weighted by Crippen LogP contribution is 2.11. The van der Waals surface area contributed by atoms with Crippen molar-refractivity contribution >= 4 is 13.3 Å². The molecule has 0 fully saturated rings. The van der Waals surface area contributed by atoms with Gasteiger partial charge in [0.05, 0.1) is 5.56 Å². The molecule has 53 valence electrons. The van der Waals surface area contributed by atoms with Gasteiger partial charge in [0.15, 0.2) is 0 Å². The van der Waals surface area contributed by atoms with Crippen molar-refractivity contribution in [1.29, 1.82) is 5.26 Å². The number of rotatable bonds is 2. The third-order valence-electron chi connectivity index (χ3n) is 1.27. The van der Waals surface area contributed by atoms with E-state index >= 15 is 0 Å². The summed E-state index contributed by atoms with van der Waals surface area (Å²) in [5, 5.41) is 19.5. The fraction of sp³-hybridized carbons (Fsp3) is 0. The molecule has 11 heavy (non-hydrogen) atoms. The van der Waals surface area contributed by atoms with E-state index in [1.54, 1.807) is 24.3 Å². The Morgan fingerprint density at radius 1 is 1.45 bits per heavy atom. The molecule has 2 N–H and O–H groups in total. The summed E-state index contributed by atoms with van der Waals surface area (Å²) in [7, 11) is 0.802. The predicted molar refractivity (Wildman–Crippen MR) is 42.8 cm³/mol. The number of anilines is 1. The molecule has 1 rings (SSSR count). The standard InChI is InChI=1S/C7H6BN2O/c9-5-6-3-1-2-4-7(6)10-8-11/h1-4,10-11H. The van der Waals surface area contributed by atoms with Gasteiger partial charge in [-0.2, -0.15) is 5.26 Å². The van der Waals surface area contributed by atoms with Crippen LogP contribution >= 0.6 is 0 Å². The van der Waals surface area contributed by atoms with Gasteiger partial charge in [-0.3, -0.25) is 0 Å². The Morgan fingerprint density at radius 2 is 2.18 bits per heavy atom. The van der Waals surface area contributed by atoms with Gasteiger partial charge in [0.25, 0.3) is 0 Å². The van der Waals surface area contributed by atoms with E-state index in [0.29, 0.717) is 11.3 Å². The molecule has 3 nitrogen and oxygen atoms in total. The van der Waals surface area contributed by atoms with Crippen LogP contribution in [-0.2, 0) is 0 Å². The SMILES string of the molecule is N#Cc1ccccc1N[B]O. The van der Waals surface area contributed by atoms with Crippen LogP contribution < -0.4 is 5.23 Å². The van der Waals surface area contributed by atoms with E-state index in [-0.39, 0.29) is 0 Å². The maximum Gasteiger partial charge on any atom is 0.433 e. The first kappa shape index (κ1) is 7.64. The lowest BCUT2D eigenvalue weighted by Crippen LogP contribution is -2.05. The molecule has 0 heterocycles. The van der Waals surface area contributed by atoms with Gasteiger partial charge < -0.3 is 10.3 Å². The number of hydrogen-bond donors (Lipinski definition) is 2. The fourth-order valence-electron chi connectivity index (χ4n) is 0.776. The van der Waals surface area contributed by atoms with Crippen LogP contribution in [0.15, 0.2) is 24.3 Å². The van der Waals surface area contributed by atoms with Crippen LogP contribution in [-0.4, -0.2) is 12.6 Å². The van der Waals surface area contributed by atoms with Crippen molar-refractivity contribution in [3.05, 3.63) is 29.8 Å². The Labute approximate surface area is 65.6 Å². The van der Waals surface area contributed by atoms with Gasteiger partial charge in [-0.05, 0) is 12.1 Å². The second-order valence-corrected chi connectivity index (χ2v) is 1.93. The van der Waals surface area contributed by atoms with Crippen LogP contribution in [0.4, 0.5) is 5.69 Å². The quantitative estimate of drug-likeness (QED) is 0.595. The Balaban J connectivity index is 2.95. The average molecular weight is 145 g/mol. The van der Waals surface area contributed by atoms with Crippen molar-refractivity contribution in [3.63, 3.8) is 0 Å². The summed E-state index contributed by atoms with van der Waals surface area (Å²) < 4.78 is 0. The Bertz CT molecular complexity index is 282. The molecule has 0 unspecified atom stereocenters. The minimum atomic E-state index is 0.512. The molecule has 0 amide bonds. The molecular weight excluding hydrogens is 139 g/mol. The van der Waals surface area contributed by atoms with E-state index in [0.717, 1.165) is 7.62 Å². The van der Waals surface area contributed by atoms with E-state index < -0.39 is 0 Å². The first-order valence-electron chi connectivity index (χ1n) is 3.10. The maximum absolute atomic E-state index is 8.56. The summed E-state index contributed by atoms with van der Waals surface area (Å²) in [5.41, 5.74) is 1.12. The predicted octanol–water partition coefficient (Wildman–Crippen LogP) is 0.497. The van der Waals surface area contributed by atoms with Gasteiger partial charge in [0.2, 0.25) is 0 Å². The van der Waals surface area contributed by atoms with Crippen LogP contribution in [0.5, 0.6) is 0 Å². The number of nitrogens with zero attached hydrogens (tertiary/aromatic N) is 1. The second-order valence-electron chi connectivity index (χ2n) is 1.93. The fourth-order valence-corrected chi connectivity index (χ4v) is 0.776. The van der Waals surface area contributed by atoms with Crippen molar-refractivity contribution in [2.24, 2.45) is 0 Å². The van der Waals surface area contributed by atoms with Crippen molar-refractivity contribution in [3.8, 4) is 6.07 Å². The zero-order valence-corrected chi connectivity index (χ0v) is 5.78. The van der Waals surface area contributed by atoms with E-state index in [1.807, 2.05) is 6.07 Å². The molecule has 1 aromatic rings. The molecule has 4 heteroatoms. The van der Waals surface area contributed by atoms with Gasteiger partial charge in [-0.1, -0.05) is 12.1 Å². The molecule has 0 aromatic heterocycles. The zero-order valence-electron chi connectivity index (χ0n) is 5.78. The molecule has 1 radical (unpaired) electrons. The summed E-state index contributed by atoms with van der Waals surface area (Å²) in [4.78, 5) is 0. The molecule has 0 atom stereocenters. The van der Waals surface area contributed by atoms with E-state index in [2.05, 4.69) is 5.23 Å². The summed E-state index contributed by atoms with van der Waals surface area (Å²) in [6.45, 7) is 0. The molecule has 0 aliphatic heterocycles. The lowest BCUT2D eigenvalue weighted by atomic mass is 10.1. The Hall–Kier alpha value is -1.47. The number of hydrogen-bond acceptors (Lipinski definition) is 3. The van der Waals surface area contributed by atoms with Crippen LogP contribution in [0.25, 0.3) is 0 Å². The highest BCUT2D eigenvalue weighted by atomic mass is 16.2. The third kappa shape index (κ3) is 1.73. The number of nitrogens with one attached hydrogen (secondary N) is 1. The highest BCUT2D eigenvalue weighted by molar-refractivity contribution is 6.31. The highest BCUT2D eigenvalue weighted by Gasteiger charge is 1.97. The van der Waals surface area contributed by atoms with Gasteiger partial charge in [-0.15, -0.1) is 0 Å². The van der Waals surface area contributed by atoms with Crippen LogP contribution in [0.2, 0.25) is 0 Å². The summed E-state index contributed by atoms with van der Waals surface area (Å²) in [6.07, 6.45) is 0. The Morgan fingerprint density at radius 3 is 2.82 bits per heavy atom. The van der Waals surface area contributed by atoms with Crippen LogP contribution in [0.3, 0.4) is 0 Å². The first-order chi connectivity index (χ1) is 5.38. The molecule has 0 spiro atoms.